The van der Waals surface area contributed by atoms with Gasteiger partial charge in [-0.2, -0.15) is 0 Å². The molecule has 1 unspecified atom stereocenters. The smallest absolute Gasteiger partial charge is 0.219 e. The molecule has 1 fully saturated rings. The van der Waals surface area contributed by atoms with Crippen LogP contribution < -0.4 is 10.6 Å². The minimum atomic E-state index is 0. The molecule has 0 spiro atoms. The summed E-state index contributed by atoms with van der Waals surface area (Å²) in [6, 6.07) is 0.440. The van der Waals surface area contributed by atoms with E-state index < -0.39 is 0 Å². The van der Waals surface area contributed by atoms with Crippen LogP contribution in [0.4, 0.5) is 0 Å². The molecule has 0 bridgehead atoms. The maximum Gasteiger partial charge on any atom is 0.219 e. The van der Waals surface area contributed by atoms with E-state index in [-0.39, 0.29) is 29.9 Å². The predicted octanol–water partition coefficient (Wildman–Crippen LogP) is 2.54. The number of guanidine groups is 1. The molecule has 1 saturated heterocycles. The summed E-state index contributed by atoms with van der Waals surface area (Å²) in [5, 5.41) is 6.86. The summed E-state index contributed by atoms with van der Waals surface area (Å²) < 4.78 is 0. The summed E-state index contributed by atoms with van der Waals surface area (Å²) in [5.74, 6) is 1.88. The summed E-state index contributed by atoms with van der Waals surface area (Å²) >= 11 is 0. The molecular formula is C19H40IN5O. The van der Waals surface area contributed by atoms with Crippen LogP contribution in [0.5, 0.6) is 0 Å². The molecule has 0 radical (unpaired) electrons. The van der Waals surface area contributed by atoms with Crippen LogP contribution in [0, 0.1) is 5.92 Å². The first-order chi connectivity index (χ1) is 11.9. The van der Waals surface area contributed by atoms with Crippen molar-refractivity contribution in [1.29, 1.82) is 0 Å². The van der Waals surface area contributed by atoms with Crippen LogP contribution in [0.3, 0.4) is 0 Å². The number of hydrogen-bond donors (Lipinski definition) is 2. The van der Waals surface area contributed by atoms with Crippen molar-refractivity contribution < 1.29 is 4.79 Å². The van der Waals surface area contributed by atoms with Gasteiger partial charge < -0.3 is 15.5 Å². The van der Waals surface area contributed by atoms with Crippen LogP contribution in [0.1, 0.15) is 53.9 Å². The summed E-state index contributed by atoms with van der Waals surface area (Å²) in [6.07, 6.45) is 3.72. The van der Waals surface area contributed by atoms with E-state index in [0.717, 1.165) is 57.7 Å². The fourth-order valence-electron chi connectivity index (χ4n) is 3.05. The van der Waals surface area contributed by atoms with Crippen molar-refractivity contribution in [3.8, 4) is 0 Å². The maximum atomic E-state index is 11.4. The maximum absolute atomic E-state index is 11.4. The lowest BCUT2D eigenvalue weighted by atomic mass is 10.0. The van der Waals surface area contributed by atoms with Crippen molar-refractivity contribution >= 4 is 35.8 Å². The molecule has 0 saturated carbocycles. The van der Waals surface area contributed by atoms with E-state index in [1.165, 1.54) is 19.3 Å². The van der Waals surface area contributed by atoms with Crippen molar-refractivity contribution in [2.75, 3.05) is 45.8 Å². The lowest BCUT2D eigenvalue weighted by Crippen LogP contribution is -2.48. The molecule has 7 heteroatoms. The number of nitrogens with zero attached hydrogens (tertiary/aromatic N) is 3. The van der Waals surface area contributed by atoms with Crippen molar-refractivity contribution in [2.45, 2.75) is 59.9 Å². The van der Waals surface area contributed by atoms with Crippen LogP contribution in [0.15, 0.2) is 4.99 Å². The van der Waals surface area contributed by atoms with E-state index in [0.29, 0.717) is 6.04 Å². The molecule has 26 heavy (non-hydrogen) atoms. The van der Waals surface area contributed by atoms with E-state index in [2.05, 4.69) is 43.2 Å². The highest BCUT2D eigenvalue weighted by molar-refractivity contribution is 14.0. The molecule has 154 valence electrons. The SMILES string of the molecule is CCNC(=NCCN1CCN(C(C)=O)CC1)NC(C)CCCC(C)C.I. The van der Waals surface area contributed by atoms with E-state index in [1.807, 2.05) is 4.90 Å². The number of nitrogens with one attached hydrogen (secondary N) is 2. The van der Waals surface area contributed by atoms with Gasteiger partial charge >= 0.3 is 0 Å². The van der Waals surface area contributed by atoms with Crippen LogP contribution in [-0.4, -0.2) is 73.5 Å². The fourth-order valence-corrected chi connectivity index (χ4v) is 3.05. The first-order valence-electron chi connectivity index (χ1n) is 9.95. The molecule has 1 atom stereocenters. The lowest BCUT2D eigenvalue weighted by Gasteiger charge is -2.33. The zero-order chi connectivity index (χ0) is 18.7. The first kappa shape index (κ1) is 25.4. The van der Waals surface area contributed by atoms with Crippen LogP contribution in [0.25, 0.3) is 0 Å². The first-order valence-corrected chi connectivity index (χ1v) is 9.95. The van der Waals surface area contributed by atoms with E-state index in [1.54, 1.807) is 6.92 Å². The highest BCUT2D eigenvalue weighted by Gasteiger charge is 2.17. The van der Waals surface area contributed by atoms with Crippen molar-refractivity contribution in [3.63, 3.8) is 0 Å². The number of aliphatic imine (C=N–C) groups is 1. The normalized spacial score (nSPS) is 17.0. The van der Waals surface area contributed by atoms with Gasteiger partial charge in [0.2, 0.25) is 5.91 Å². The van der Waals surface area contributed by atoms with E-state index in [4.69, 9.17) is 4.99 Å². The largest absolute Gasteiger partial charge is 0.357 e. The van der Waals surface area contributed by atoms with Gasteiger partial charge in [-0.1, -0.05) is 26.7 Å². The third-order valence-electron chi connectivity index (χ3n) is 4.65. The number of carbonyl (C=O) groups excluding carboxylic acids is 1. The minimum Gasteiger partial charge on any atom is -0.357 e. The molecule has 1 heterocycles. The Kier molecular flexibility index (Phi) is 14.2. The van der Waals surface area contributed by atoms with Crippen LogP contribution >= 0.6 is 24.0 Å². The van der Waals surface area contributed by atoms with Gasteiger partial charge in [0, 0.05) is 52.2 Å². The molecule has 2 N–H and O–H groups in total. The molecule has 1 rings (SSSR count). The summed E-state index contributed by atoms with van der Waals surface area (Å²) in [7, 11) is 0. The Balaban J connectivity index is 0.00000625. The average Bonchev–Trinajstić information content (AvgIpc) is 2.55. The second-order valence-electron chi connectivity index (χ2n) is 7.48. The van der Waals surface area contributed by atoms with Gasteiger partial charge in [0.05, 0.1) is 6.54 Å². The monoisotopic (exact) mass is 481 g/mol. The molecule has 1 aliphatic rings. The number of amides is 1. The van der Waals surface area contributed by atoms with Gasteiger partial charge in [-0.15, -0.1) is 24.0 Å². The number of carbonyl (C=O) groups is 1. The molecule has 0 aromatic carbocycles. The van der Waals surface area contributed by atoms with Crippen LogP contribution in [-0.2, 0) is 4.79 Å². The van der Waals surface area contributed by atoms with Crippen molar-refractivity contribution in [2.24, 2.45) is 10.9 Å². The number of rotatable bonds is 9. The van der Waals surface area contributed by atoms with Crippen molar-refractivity contribution in [3.05, 3.63) is 0 Å². The van der Waals surface area contributed by atoms with Gasteiger partial charge in [-0.25, -0.2) is 0 Å². The topological polar surface area (TPSA) is 60.0 Å². The van der Waals surface area contributed by atoms with E-state index in [9.17, 15) is 4.79 Å². The third kappa shape index (κ3) is 11.2. The molecule has 0 aromatic rings. The standard InChI is InChI=1S/C19H39N5O.HI/c1-6-20-19(22-17(4)9-7-8-16(2)3)21-10-11-23-12-14-24(15-13-23)18(5)25;/h16-17H,6-15H2,1-5H3,(H2,20,21,22);1H. The van der Waals surface area contributed by atoms with Gasteiger partial charge in [0.25, 0.3) is 0 Å². The molecular weight excluding hydrogens is 441 g/mol. The molecule has 0 aromatic heterocycles. The summed E-state index contributed by atoms with van der Waals surface area (Å²) in [6.45, 7) is 16.7. The fraction of sp³-hybridized carbons (Fsp3) is 0.895. The second kappa shape index (κ2) is 14.5. The Bertz CT molecular complexity index is 409. The minimum absolute atomic E-state index is 0. The van der Waals surface area contributed by atoms with Gasteiger partial charge in [-0.05, 0) is 26.2 Å². The Labute approximate surface area is 177 Å². The lowest BCUT2D eigenvalue weighted by molar-refractivity contribution is -0.130. The Morgan fingerprint density at radius 2 is 1.77 bits per heavy atom. The van der Waals surface area contributed by atoms with Crippen LogP contribution in [0.2, 0.25) is 0 Å². The zero-order valence-corrected chi connectivity index (χ0v) is 19.7. The zero-order valence-electron chi connectivity index (χ0n) is 17.4. The quantitative estimate of drug-likeness (QED) is 0.302. The molecule has 1 aliphatic heterocycles. The number of halogens is 1. The highest BCUT2D eigenvalue weighted by atomic mass is 127. The third-order valence-corrected chi connectivity index (χ3v) is 4.65. The van der Waals surface area contributed by atoms with E-state index >= 15 is 0 Å². The Morgan fingerprint density at radius 3 is 2.31 bits per heavy atom. The molecule has 6 nitrogen and oxygen atoms in total. The predicted molar refractivity (Wildman–Crippen MR) is 121 cm³/mol. The average molecular weight is 481 g/mol. The molecule has 0 aliphatic carbocycles. The number of hydrogen-bond acceptors (Lipinski definition) is 3. The summed E-state index contributed by atoms with van der Waals surface area (Å²) in [5.41, 5.74) is 0. The Morgan fingerprint density at radius 1 is 1.12 bits per heavy atom. The van der Waals surface area contributed by atoms with Gasteiger partial charge in [-0.3, -0.25) is 14.7 Å². The number of piperazine rings is 1. The summed E-state index contributed by atoms with van der Waals surface area (Å²) in [4.78, 5) is 20.4. The Hall–Kier alpha value is -0.570. The highest BCUT2D eigenvalue weighted by Crippen LogP contribution is 2.08. The van der Waals surface area contributed by atoms with Crippen molar-refractivity contribution in [1.82, 2.24) is 20.4 Å². The van der Waals surface area contributed by atoms with Gasteiger partial charge in [0.15, 0.2) is 5.96 Å². The van der Waals surface area contributed by atoms with Gasteiger partial charge in [0.1, 0.15) is 0 Å². The second-order valence-corrected chi connectivity index (χ2v) is 7.48. The molecule has 1 amide bonds.